The molecule has 4 nitrogen and oxygen atoms in total. The van der Waals surface area contributed by atoms with Crippen LogP contribution in [0.1, 0.15) is 24.9 Å². The highest BCUT2D eigenvalue weighted by molar-refractivity contribution is 7.90. The van der Waals surface area contributed by atoms with E-state index in [0.717, 1.165) is 6.26 Å². The molecule has 0 radical (unpaired) electrons. The Labute approximate surface area is 124 Å². The van der Waals surface area contributed by atoms with Gasteiger partial charge in [-0.15, -0.1) is 0 Å². The van der Waals surface area contributed by atoms with Crippen LogP contribution in [-0.2, 0) is 9.84 Å². The van der Waals surface area contributed by atoms with E-state index in [0.29, 0.717) is 17.7 Å². The average Bonchev–Trinajstić information content (AvgIpc) is 2.45. The van der Waals surface area contributed by atoms with E-state index < -0.39 is 9.84 Å². The second-order valence-electron chi connectivity index (χ2n) is 4.78. The highest BCUT2D eigenvalue weighted by atomic mass is 32.2. The topological polar surface area (TPSA) is 59.1 Å². The number of anilines is 1. The zero-order chi connectivity index (χ0) is 15.5. The van der Waals surface area contributed by atoms with Gasteiger partial charge in [-0.3, -0.25) is 0 Å². The minimum Gasteiger partial charge on any atom is -0.377 e. The minimum absolute atomic E-state index is 0.0204. The van der Waals surface area contributed by atoms with Gasteiger partial charge < -0.3 is 5.32 Å². The first kappa shape index (κ1) is 15.4. The van der Waals surface area contributed by atoms with Crippen molar-refractivity contribution in [1.82, 2.24) is 4.98 Å². The molecule has 2 rings (SSSR count). The summed E-state index contributed by atoms with van der Waals surface area (Å²) in [6.45, 7) is 1.95. The van der Waals surface area contributed by atoms with Gasteiger partial charge in [-0.05, 0) is 24.6 Å². The lowest BCUT2D eigenvalue weighted by Gasteiger charge is -2.19. The number of benzene rings is 1. The molecule has 1 heterocycles. The van der Waals surface area contributed by atoms with Crippen LogP contribution in [0.25, 0.3) is 0 Å². The van der Waals surface area contributed by atoms with E-state index in [1.807, 2.05) is 6.92 Å². The van der Waals surface area contributed by atoms with Gasteiger partial charge in [0, 0.05) is 11.8 Å². The zero-order valence-corrected chi connectivity index (χ0v) is 12.7. The number of rotatable bonds is 5. The Balaban J connectivity index is 2.22. The molecule has 2 aromatic rings. The number of aromatic nitrogens is 1. The van der Waals surface area contributed by atoms with Crippen LogP contribution in [0, 0.1) is 5.82 Å². The van der Waals surface area contributed by atoms with Crippen LogP contribution in [0.4, 0.5) is 10.1 Å². The molecule has 0 saturated carbocycles. The summed E-state index contributed by atoms with van der Waals surface area (Å²) < 4.78 is 36.5. The number of hydrogen-bond donors (Lipinski definition) is 1. The van der Waals surface area contributed by atoms with Crippen molar-refractivity contribution in [1.29, 1.82) is 0 Å². The van der Waals surface area contributed by atoms with Crippen LogP contribution in [0.15, 0.2) is 47.6 Å². The second-order valence-corrected chi connectivity index (χ2v) is 6.75. The van der Waals surface area contributed by atoms with Crippen LogP contribution in [0.2, 0.25) is 0 Å². The average molecular weight is 308 g/mol. The van der Waals surface area contributed by atoms with Crippen molar-refractivity contribution in [2.45, 2.75) is 24.4 Å². The van der Waals surface area contributed by atoms with Crippen LogP contribution in [-0.4, -0.2) is 19.7 Å². The van der Waals surface area contributed by atoms with Gasteiger partial charge in [-0.25, -0.2) is 17.8 Å². The summed E-state index contributed by atoms with van der Waals surface area (Å²) in [5, 5.41) is 3.19. The Hall–Kier alpha value is -1.95. The quantitative estimate of drug-likeness (QED) is 0.921. The highest BCUT2D eigenvalue weighted by Gasteiger charge is 2.14. The van der Waals surface area contributed by atoms with E-state index in [9.17, 15) is 12.8 Å². The van der Waals surface area contributed by atoms with Gasteiger partial charge in [0.25, 0.3) is 0 Å². The van der Waals surface area contributed by atoms with Crippen molar-refractivity contribution in [3.8, 4) is 0 Å². The monoisotopic (exact) mass is 308 g/mol. The summed E-state index contributed by atoms with van der Waals surface area (Å²) in [6.07, 6.45) is 3.24. The molecule has 0 fully saturated rings. The Morgan fingerprint density at radius 2 is 1.95 bits per heavy atom. The first-order valence-electron chi connectivity index (χ1n) is 6.59. The number of hydrogen-bond acceptors (Lipinski definition) is 4. The third-order valence-electron chi connectivity index (χ3n) is 3.15. The normalized spacial score (nSPS) is 12.9. The maximum absolute atomic E-state index is 13.8. The molecular weight excluding hydrogens is 291 g/mol. The molecule has 0 amide bonds. The smallest absolute Gasteiger partial charge is 0.192 e. The minimum atomic E-state index is -3.31. The lowest BCUT2D eigenvalue weighted by molar-refractivity contribution is 0.587. The predicted molar refractivity (Wildman–Crippen MR) is 80.4 cm³/mol. The third-order valence-corrected chi connectivity index (χ3v) is 4.15. The van der Waals surface area contributed by atoms with E-state index in [4.69, 9.17) is 0 Å². The van der Waals surface area contributed by atoms with Crippen LogP contribution in [0.5, 0.6) is 0 Å². The van der Waals surface area contributed by atoms with E-state index in [1.54, 1.807) is 24.3 Å². The third kappa shape index (κ3) is 3.78. The molecule has 0 aliphatic carbocycles. The summed E-state index contributed by atoms with van der Waals surface area (Å²) in [6, 6.07) is 9.46. The molecule has 21 heavy (non-hydrogen) atoms. The molecule has 0 saturated heterocycles. The molecule has 6 heteroatoms. The molecule has 0 bridgehead atoms. The fraction of sp³-hybridized carbons (Fsp3) is 0.267. The summed E-state index contributed by atoms with van der Waals surface area (Å²) >= 11 is 0. The van der Waals surface area contributed by atoms with Gasteiger partial charge in [0.1, 0.15) is 5.82 Å². The highest BCUT2D eigenvalue weighted by Crippen LogP contribution is 2.24. The van der Waals surface area contributed by atoms with Crippen LogP contribution < -0.4 is 5.32 Å². The van der Waals surface area contributed by atoms with Gasteiger partial charge in [0.15, 0.2) is 14.9 Å². The summed E-state index contributed by atoms with van der Waals surface area (Å²) in [4.78, 5) is 3.91. The molecule has 1 unspecified atom stereocenters. The fourth-order valence-electron chi connectivity index (χ4n) is 2.04. The predicted octanol–water partition coefficient (Wildman–Crippen LogP) is 3.19. The van der Waals surface area contributed by atoms with Gasteiger partial charge in [-0.2, -0.15) is 0 Å². The Kier molecular flexibility index (Phi) is 4.57. The van der Waals surface area contributed by atoms with E-state index >= 15 is 0 Å². The van der Waals surface area contributed by atoms with Gasteiger partial charge >= 0.3 is 0 Å². The largest absolute Gasteiger partial charge is 0.377 e. The molecule has 1 aromatic heterocycles. The summed E-state index contributed by atoms with van der Waals surface area (Å²) in [5.74, 6) is -0.266. The Bertz CT molecular complexity index is 715. The van der Waals surface area contributed by atoms with Crippen LogP contribution in [0.3, 0.4) is 0 Å². The summed E-state index contributed by atoms with van der Waals surface area (Å²) in [5.41, 5.74) is 1.23. The Morgan fingerprint density at radius 1 is 1.24 bits per heavy atom. The van der Waals surface area contributed by atoms with Crippen molar-refractivity contribution in [3.63, 3.8) is 0 Å². The van der Waals surface area contributed by atoms with E-state index in [2.05, 4.69) is 10.3 Å². The van der Waals surface area contributed by atoms with Crippen molar-refractivity contribution < 1.29 is 12.8 Å². The number of halogens is 1. The van der Waals surface area contributed by atoms with E-state index in [-0.39, 0.29) is 16.9 Å². The number of nitrogens with one attached hydrogen (secondary N) is 1. The molecule has 1 aromatic carbocycles. The molecule has 0 spiro atoms. The maximum atomic E-state index is 13.8. The van der Waals surface area contributed by atoms with Crippen molar-refractivity contribution in [3.05, 3.63) is 54.0 Å². The van der Waals surface area contributed by atoms with Crippen molar-refractivity contribution in [2.75, 3.05) is 11.6 Å². The second kappa shape index (κ2) is 6.22. The van der Waals surface area contributed by atoms with Gasteiger partial charge in [0.2, 0.25) is 0 Å². The summed E-state index contributed by atoms with van der Waals surface area (Å²) in [7, 11) is -3.31. The number of sulfone groups is 1. The fourth-order valence-corrected chi connectivity index (χ4v) is 2.60. The molecular formula is C15H17FN2O2S. The van der Waals surface area contributed by atoms with Crippen molar-refractivity contribution in [2.24, 2.45) is 0 Å². The standard InChI is InChI=1S/C15H17FN2O2S/c1-3-14(12-6-4-5-7-13(12)16)18-11-8-9-15(17-10-11)21(2,19)20/h4-10,14,18H,3H2,1-2H3. The SMILES string of the molecule is CCC(Nc1ccc(S(C)(=O)=O)nc1)c1ccccc1F. The first-order chi connectivity index (χ1) is 9.91. The molecule has 0 aliphatic rings. The lowest BCUT2D eigenvalue weighted by Crippen LogP contribution is -2.12. The Morgan fingerprint density at radius 3 is 2.48 bits per heavy atom. The van der Waals surface area contributed by atoms with Crippen molar-refractivity contribution >= 4 is 15.5 Å². The van der Waals surface area contributed by atoms with Gasteiger partial charge in [-0.1, -0.05) is 25.1 Å². The molecule has 0 aliphatic heterocycles. The van der Waals surface area contributed by atoms with E-state index in [1.165, 1.54) is 18.3 Å². The first-order valence-corrected chi connectivity index (χ1v) is 8.48. The van der Waals surface area contributed by atoms with Crippen LogP contribution >= 0.6 is 0 Å². The van der Waals surface area contributed by atoms with Gasteiger partial charge in [0.05, 0.1) is 17.9 Å². The molecule has 112 valence electrons. The zero-order valence-electron chi connectivity index (χ0n) is 11.9. The number of pyridine rings is 1. The maximum Gasteiger partial charge on any atom is 0.192 e. The molecule has 1 N–H and O–H groups in total. The lowest BCUT2D eigenvalue weighted by atomic mass is 10.0. The molecule has 1 atom stereocenters. The number of nitrogens with zero attached hydrogens (tertiary/aromatic N) is 1.